The summed E-state index contributed by atoms with van der Waals surface area (Å²) < 4.78 is 16.6. The molecular weight excluding hydrogens is 498 g/mol. The van der Waals surface area contributed by atoms with Crippen LogP contribution in [0, 0.1) is 0 Å². The van der Waals surface area contributed by atoms with Crippen molar-refractivity contribution in [2.24, 2.45) is 0 Å². The molecular formula is C22H17N3O6S3. The highest BCUT2D eigenvalue weighted by molar-refractivity contribution is 8.00. The quantitative estimate of drug-likeness (QED) is 0.195. The Labute approximate surface area is 205 Å². The van der Waals surface area contributed by atoms with Crippen molar-refractivity contribution >= 4 is 51.4 Å². The molecule has 0 fully saturated rings. The van der Waals surface area contributed by atoms with Crippen molar-refractivity contribution in [3.63, 3.8) is 0 Å². The lowest BCUT2D eigenvalue weighted by Crippen LogP contribution is -2.29. The standard InChI is InChI=1S/C22H17N3O6S3/c1-13(30-14-6-3-2-4-7-14)20(28)31-17-11-29-15(10-16(17)26)12-33-22-25-24-21(34-22)23-19(27)18-8-5-9-32-18/h2-11,13H,12H2,1H3,(H,23,24,27)/t13-/m1/s1. The molecule has 0 radical (unpaired) electrons. The summed E-state index contributed by atoms with van der Waals surface area (Å²) in [5, 5.41) is 12.8. The first-order valence-corrected chi connectivity index (χ1v) is 12.5. The van der Waals surface area contributed by atoms with Crippen LogP contribution >= 0.6 is 34.4 Å². The average Bonchev–Trinajstić information content (AvgIpc) is 3.52. The number of rotatable bonds is 9. The topological polar surface area (TPSA) is 121 Å². The Morgan fingerprint density at radius 1 is 1.18 bits per heavy atom. The van der Waals surface area contributed by atoms with Crippen molar-refractivity contribution in [2.45, 2.75) is 23.1 Å². The third-order valence-electron chi connectivity index (χ3n) is 4.16. The van der Waals surface area contributed by atoms with E-state index in [1.165, 1.54) is 47.4 Å². The van der Waals surface area contributed by atoms with E-state index < -0.39 is 17.5 Å². The summed E-state index contributed by atoms with van der Waals surface area (Å²) in [7, 11) is 0. The number of anilines is 1. The van der Waals surface area contributed by atoms with Crippen LogP contribution in [-0.2, 0) is 10.5 Å². The summed E-state index contributed by atoms with van der Waals surface area (Å²) in [5.41, 5.74) is -0.497. The number of amides is 1. The molecule has 4 rings (SSSR count). The van der Waals surface area contributed by atoms with Gasteiger partial charge >= 0.3 is 5.97 Å². The number of benzene rings is 1. The molecule has 0 saturated carbocycles. The van der Waals surface area contributed by atoms with Crippen molar-refractivity contribution in [3.05, 3.63) is 81.0 Å². The number of carbonyl (C=O) groups is 2. The van der Waals surface area contributed by atoms with Gasteiger partial charge in [-0.05, 0) is 30.5 Å². The van der Waals surface area contributed by atoms with Crippen molar-refractivity contribution in [1.82, 2.24) is 10.2 Å². The van der Waals surface area contributed by atoms with Gasteiger partial charge in [-0.1, -0.05) is 47.4 Å². The number of carbonyl (C=O) groups excluding carboxylic acids is 2. The number of nitrogens with zero attached hydrogens (tertiary/aromatic N) is 2. The molecule has 1 aromatic carbocycles. The lowest BCUT2D eigenvalue weighted by Gasteiger charge is -2.13. The molecule has 1 atom stereocenters. The number of thiophene rings is 1. The molecule has 0 aliphatic heterocycles. The second-order valence-corrected chi connectivity index (χ2v) is 9.81. The summed E-state index contributed by atoms with van der Waals surface area (Å²) in [6, 6.07) is 13.6. The van der Waals surface area contributed by atoms with E-state index in [4.69, 9.17) is 13.9 Å². The number of ether oxygens (including phenoxy) is 2. The normalized spacial score (nSPS) is 11.6. The van der Waals surface area contributed by atoms with E-state index in [1.54, 1.807) is 36.4 Å². The molecule has 34 heavy (non-hydrogen) atoms. The maximum absolute atomic E-state index is 12.3. The molecule has 1 N–H and O–H groups in total. The zero-order chi connectivity index (χ0) is 23.9. The third kappa shape index (κ3) is 6.31. The fourth-order valence-corrected chi connectivity index (χ4v) is 4.81. The lowest BCUT2D eigenvalue weighted by atomic mass is 10.3. The molecule has 4 aromatic rings. The number of thioether (sulfide) groups is 1. The van der Waals surface area contributed by atoms with Gasteiger partial charge in [-0.15, -0.1) is 21.5 Å². The van der Waals surface area contributed by atoms with E-state index in [1.807, 2.05) is 11.4 Å². The predicted molar refractivity (Wildman–Crippen MR) is 129 cm³/mol. The van der Waals surface area contributed by atoms with E-state index in [2.05, 4.69) is 15.5 Å². The first-order chi connectivity index (χ1) is 16.5. The van der Waals surface area contributed by atoms with Crippen LogP contribution < -0.4 is 20.2 Å². The Morgan fingerprint density at radius 2 is 2.00 bits per heavy atom. The van der Waals surface area contributed by atoms with Gasteiger partial charge in [0.15, 0.2) is 10.4 Å². The van der Waals surface area contributed by atoms with Crippen LogP contribution in [0.25, 0.3) is 0 Å². The Balaban J connectivity index is 1.29. The molecule has 3 heterocycles. The second-order valence-electron chi connectivity index (χ2n) is 6.66. The zero-order valence-corrected chi connectivity index (χ0v) is 20.1. The smallest absolute Gasteiger partial charge is 0.352 e. The van der Waals surface area contributed by atoms with Crippen LogP contribution in [-0.4, -0.2) is 28.2 Å². The van der Waals surface area contributed by atoms with Crippen LogP contribution in [0.4, 0.5) is 5.13 Å². The van der Waals surface area contributed by atoms with E-state index in [9.17, 15) is 14.4 Å². The minimum absolute atomic E-state index is 0.225. The van der Waals surface area contributed by atoms with Crippen molar-refractivity contribution in [1.29, 1.82) is 0 Å². The maximum atomic E-state index is 12.3. The highest BCUT2D eigenvalue weighted by Crippen LogP contribution is 2.28. The fraction of sp³-hybridized carbons (Fsp3) is 0.136. The summed E-state index contributed by atoms with van der Waals surface area (Å²) in [6.45, 7) is 1.53. The predicted octanol–water partition coefficient (Wildman–Crippen LogP) is 4.47. The van der Waals surface area contributed by atoms with Crippen molar-refractivity contribution < 1.29 is 23.5 Å². The highest BCUT2D eigenvalue weighted by atomic mass is 32.2. The molecule has 0 saturated heterocycles. The summed E-state index contributed by atoms with van der Waals surface area (Å²) in [4.78, 5) is 37.2. The molecule has 0 aliphatic carbocycles. The van der Waals surface area contributed by atoms with Crippen LogP contribution in [0.1, 0.15) is 22.4 Å². The van der Waals surface area contributed by atoms with Gasteiger partial charge in [0.2, 0.25) is 16.3 Å². The molecule has 12 heteroatoms. The molecule has 0 aliphatic rings. The zero-order valence-electron chi connectivity index (χ0n) is 17.6. The number of nitrogens with one attached hydrogen (secondary N) is 1. The summed E-state index contributed by atoms with van der Waals surface area (Å²) in [6.07, 6.45) is 0.182. The molecule has 0 bridgehead atoms. The third-order valence-corrected chi connectivity index (χ3v) is 7.02. The SMILES string of the molecule is C[C@@H](Oc1ccccc1)C(=O)Oc1coc(CSc2nnc(NC(=O)c3cccs3)s2)cc1=O. The maximum Gasteiger partial charge on any atom is 0.352 e. The average molecular weight is 516 g/mol. The van der Waals surface area contributed by atoms with Gasteiger partial charge in [-0.2, -0.15) is 0 Å². The minimum atomic E-state index is -0.913. The molecule has 174 valence electrons. The molecule has 3 aromatic heterocycles. The number of esters is 1. The van der Waals surface area contributed by atoms with E-state index in [0.29, 0.717) is 31.6 Å². The van der Waals surface area contributed by atoms with Gasteiger partial charge in [0.05, 0.1) is 10.6 Å². The molecule has 0 unspecified atom stereocenters. The van der Waals surface area contributed by atoms with Gasteiger partial charge < -0.3 is 13.9 Å². The van der Waals surface area contributed by atoms with Crippen molar-refractivity contribution in [2.75, 3.05) is 5.32 Å². The van der Waals surface area contributed by atoms with Crippen LogP contribution in [0.3, 0.4) is 0 Å². The fourth-order valence-electron chi connectivity index (χ4n) is 2.55. The molecule has 0 spiro atoms. The Kier molecular flexibility index (Phi) is 7.72. The van der Waals surface area contributed by atoms with Gasteiger partial charge in [0, 0.05) is 6.07 Å². The largest absolute Gasteiger partial charge is 0.479 e. The van der Waals surface area contributed by atoms with Crippen LogP contribution in [0.15, 0.2) is 73.7 Å². The van der Waals surface area contributed by atoms with Gasteiger partial charge in [0.25, 0.3) is 5.91 Å². The summed E-state index contributed by atoms with van der Waals surface area (Å²) >= 11 is 3.83. The van der Waals surface area contributed by atoms with Crippen LogP contribution in [0.5, 0.6) is 11.5 Å². The van der Waals surface area contributed by atoms with E-state index in [0.717, 1.165) is 6.26 Å². The summed E-state index contributed by atoms with van der Waals surface area (Å²) in [5.74, 6) is -0.0202. The Bertz CT molecular complexity index is 1320. The molecule has 1 amide bonds. The Hall–Kier alpha value is -3.48. The van der Waals surface area contributed by atoms with Gasteiger partial charge in [-0.3, -0.25) is 14.9 Å². The lowest BCUT2D eigenvalue weighted by molar-refractivity contribution is -0.141. The first kappa shape index (κ1) is 23.7. The number of hydrogen-bond donors (Lipinski definition) is 1. The Morgan fingerprint density at radius 3 is 2.74 bits per heavy atom. The van der Waals surface area contributed by atoms with E-state index in [-0.39, 0.29) is 11.7 Å². The minimum Gasteiger partial charge on any atom is -0.479 e. The number of para-hydroxylation sites is 1. The van der Waals surface area contributed by atoms with Crippen LogP contribution in [0.2, 0.25) is 0 Å². The van der Waals surface area contributed by atoms with E-state index >= 15 is 0 Å². The van der Waals surface area contributed by atoms with Gasteiger partial charge in [-0.25, -0.2) is 4.79 Å². The number of hydrogen-bond acceptors (Lipinski definition) is 11. The first-order valence-electron chi connectivity index (χ1n) is 9.84. The second kappa shape index (κ2) is 11.1. The monoisotopic (exact) mass is 515 g/mol. The van der Waals surface area contributed by atoms with Gasteiger partial charge in [0.1, 0.15) is 17.8 Å². The number of aromatic nitrogens is 2. The molecule has 9 nitrogen and oxygen atoms in total. The highest BCUT2D eigenvalue weighted by Gasteiger charge is 2.19. The van der Waals surface area contributed by atoms with Crippen molar-refractivity contribution in [3.8, 4) is 11.5 Å².